The molecule has 2 aliphatic rings. The monoisotopic (exact) mass is 376 g/mol. The van der Waals surface area contributed by atoms with Crippen molar-refractivity contribution < 1.29 is 23.8 Å². The van der Waals surface area contributed by atoms with Crippen LogP contribution in [0.15, 0.2) is 24.3 Å². The van der Waals surface area contributed by atoms with Gasteiger partial charge in [-0.25, -0.2) is 0 Å². The average Bonchev–Trinajstić information content (AvgIpc) is 2.73. The van der Waals surface area contributed by atoms with Crippen LogP contribution < -0.4 is 4.74 Å². The van der Waals surface area contributed by atoms with Crippen LogP contribution in [0.4, 0.5) is 0 Å². The Labute approximate surface area is 160 Å². The van der Waals surface area contributed by atoms with Crippen molar-refractivity contribution in [3.8, 4) is 5.75 Å². The van der Waals surface area contributed by atoms with Gasteiger partial charge in [0.2, 0.25) is 5.91 Å². The zero-order valence-corrected chi connectivity index (χ0v) is 15.9. The molecule has 2 saturated heterocycles. The Bertz CT molecular complexity index is 628. The van der Waals surface area contributed by atoms with Crippen LogP contribution in [0.1, 0.15) is 23.2 Å². The first-order valence-corrected chi connectivity index (χ1v) is 9.54. The molecule has 1 atom stereocenters. The van der Waals surface area contributed by atoms with Gasteiger partial charge in [-0.05, 0) is 37.1 Å². The number of rotatable bonds is 6. The number of amides is 2. The molecule has 0 saturated carbocycles. The first-order chi connectivity index (χ1) is 13.2. The number of methoxy groups -OCH3 is 1. The summed E-state index contributed by atoms with van der Waals surface area (Å²) in [5.41, 5.74) is 0.665. The van der Waals surface area contributed by atoms with Gasteiger partial charge in [0, 0.05) is 44.8 Å². The summed E-state index contributed by atoms with van der Waals surface area (Å²) in [5.74, 6) is 1.13. The van der Waals surface area contributed by atoms with Crippen molar-refractivity contribution in [2.24, 2.45) is 5.92 Å². The minimum absolute atomic E-state index is 0.0319. The lowest BCUT2D eigenvalue weighted by Gasteiger charge is -2.32. The Morgan fingerprint density at radius 1 is 1.11 bits per heavy atom. The highest BCUT2D eigenvalue weighted by atomic mass is 16.5. The van der Waals surface area contributed by atoms with Gasteiger partial charge < -0.3 is 24.0 Å². The molecule has 0 bridgehead atoms. The molecule has 0 aliphatic carbocycles. The van der Waals surface area contributed by atoms with Crippen LogP contribution in [-0.2, 0) is 14.3 Å². The summed E-state index contributed by atoms with van der Waals surface area (Å²) < 4.78 is 16.1. The number of nitrogens with zero attached hydrogens (tertiary/aromatic N) is 2. The van der Waals surface area contributed by atoms with E-state index in [0.717, 1.165) is 25.1 Å². The third kappa shape index (κ3) is 5.43. The molecule has 0 unspecified atom stereocenters. The van der Waals surface area contributed by atoms with Gasteiger partial charge in [-0.15, -0.1) is 0 Å². The van der Waals surface area contributed by atoms with Gasteiger partial charge >= 0.3 is 0 Å². The second-order valence-corrected chi connectivity index (χ2v) is 7.02. The van der Waals surface area contributed by atoms with Crippen molar-refractivity contribution >= 4 is 11.8 Å². The zero-order chi connectivity index (χ0) is 19.1. The van der Waals surface area contributed by atoms with Crippen molar-refractivity contribution in [1.29, 1.82) is 0 Å². The molecule has 7 nitrogen and oxygen atoms in total. The highest BCUT2D eigenvalue weighted by Crippen LogP contribution is 2.20. The Hall–Kier alpha value is -2.12. The lowest BCUT2D eigenvalue weighted by Crippen LogP contribution is -2.43. The lowest BCUT2D eigenvalue weighted by atomic mass is 9.99. The maximum Gasteiger partial charge on any atom is 0.254 e. The molecular weight excluding hydrogens is 348 g/mol. The van der Waals surface area contributed by atoms with Gasteiger partial charge in [0.05, 0.1) is 19.8 Å². The molecule has 3 rings (SSSR count). The van der Waals surface area contributed by atoms with Crippen LogP contribution in [0.5, 0.6) is 5.75 Å². The molecule has 27 heavy (non-hydrogen) atoms. The van der Waals surface area contributed by atoms with Crippen LogP contribution in [0, 0.1) is 5.92 Å². The van der Waals surface area contributed by atoms with E-state index >= 15 is 0 Å². The number of hydrogen-bond donors (Lipinski definition) is 0. The highest BCUT2D eigenvalue weighted by molar-refractivity contribution is 5.94. The van der Waals surface area contributed by atoms with Gasteiger partial charge in [-0.1, -0.05) is 0 Å². The van der Waals surface area contributed by atoms with E-state index in [1.807, 2.05) is 34.1 Å². The Balaban J connectivity index is 1.48. The molecular formula is C20H28N2O5. The summed E-state index contributed by atoms with van der Waals surface area (Å²) in [6.45, 7) is 4.65. The molecule has 148 valence electrons. The molecule has 2 heterocycles. The van der Waals surface area contributed by atoms with Gasteiger partial charge in [-0.3, -0.25) is 9.59 Å². The van der Waals surface area contributed by atoms with Gasteiger partial charge in [0.25, 0.3) is 5.91 Å². The van der Waals surface area contributed by atoms with Crippen LogP contribution >= 0.6 is 0 Å². The predicted molar refractivity (Wildman–Crippen MR) is 99.8 cm³/mol. The van der Waals surface area contributed by atoms with E-state index < -0.39 is 0 Å². The van der Waals surface area contributed by atoms with Crippen molar-refractivity contribution in [2.45, 2.75) is 12.8 Å². The first-order valence-electron chi connectivity index (χ1n) is 9.54. The van der Waals surface area contributed by atoms with E-state index in [9.17, 15) is 9.59 Å². The van der Waals surface area contributed by atoms with Crippen LogP contribution in [-0.4, -0.2) is 81.3 Å². The molecule has 0 spiro atoms. The van der Waals surface area contributed by atoms with Gasteiger partial charge in [-0.2, -0.15) is 0 Å². The fraction of sp³-hybridized carbons (Fsp3) is 0.600. The molecule has 2 fully saturated rings. The van der Waals surface area contributed by atoms with E-state index in [0.29, 0.717) is 50.9 Å². The summed E-state index contributed by atoms with van der Waals surface area (Å²) in [5, 5.41) is 0. The van der Waals surface area contributed by atoms with Crippen LogP contribution in [0.2, 0.25) is 0 Å². The minimum atomic E-state index is 0.0319. The highest BCUT2D eigenvalue weighted by Gasteiger charge is 2.24. The predicted octanol–water partition coefficient (Wildman–Crippen LogP) is 1.42. The average molecular weight is 376 g/mol. The normalized spacial score (nSPS) is 20.4. The number of carbonyl (C=O) groups is 2. The van der Waals surface area contributed by atoms with Crippen molar-refractivity contribution in [2.75, 3.05) is 59.7 Å². The number of hydrogen-bond acceptors (Lipinski definition) is 5. The molecule has 2 amide bonds. The van der Waals surface area contributed by atoms with Crippen molar-refractivity contribution in [3.63, 3.8) is 0 Å². The fourth-order valence-electron chi connectivity index (χ4n) is 3.50. The molecule has 1 aromatic rings. The van der Waals surface area contributed by atoms with Crippen LogP contribution in [0.25, 0.3) is 0 Å². The smallest absolute Gasteiger partial charge is 0.254 e. The van der Waals surface area contributed by atoms with E-state index in [-0.39, 0.29) is 18.4 Å². The maximum atomic E-state index is 12.5. The van der Waals surface area contributed by atoms with Crippen LogP contribution in [0.3, 0.4) is 0 Å². The van der Waals surface area contributed by atoms with E-state index in [2.05, 4.69) is 0 Å². The largest absolute Gasteiger partial charge is 0.493 e. The summed E-state index contributed by atoms with van der Waals surface area (Å²) in [7, 11) is 1.54. The third-order valence-electron chi connectivity index (χ3n) is 5.02. The fourth-order valence-corrected chi connectivity index (χ4v) is 3.50. The molecule has 1 aromatic carbocycles. The second kappa shape index (κ2) is 9.71. The van der Waals surface area contributed by atoms with Crippen molar-refractivity contribution in [1.82, 2.24) is 9.80 Å². The molecule has 0 radical (unpaired) electrons. The van der Waals surface area contributed by atoms with E-state index in [4.69, 9.17) is 14.2 Å². The summed E-state index contributed by atoms with van der Waals surface area (Å²) in [6.07, 6.45) is 2.03. The number of ether oxygens (including phenoxy) is 3. The number of benzene rings is 1. The standard InChI is InChI=1S/C20H28N2O5/c1-25-15-19(23)22-8-2-3-16(13-22)14-27-18-6-4-17(5-7-18)20(24)21-9-11-26-12-10-21/h4-7,16H,2-3,8-15H2,1H3/t16-/m0/s1. The quantitative estimate of drug-likeness (QED) is 0.751. The zero-order valence-electron chi connectivity index (χ0n) is 15.9. The number of piperidine rings is 1. The Morgan fingerprint density at radius 2 is 1.85 bits per heavy atom. The summed E-state index contributed by atoms with van der Waals surface area (Å²) in [6, 6.07) is 7.29. The van der Waals surface area contributed by atoms with E-state index in [1.54, 1.807) is 0 Å². The molecule has 0 aromatic heterocycles. The maximum absolute atomic E-state index is 12.5. The SMILES string of the molecule is COCC(=O)N1CCC[C@H](COc2ccc(C(=O)N3CCOCC3)cc2)C1. The van der Waals surface area contributed by atoms with E-state index in [1.165, 1.54) is 7.11 Å². The topological polar surface area (TPSA) is 68.3 Å². The number of morpholine rings is 1. The second-order valence-electron chi connectivity index (χ2n) is 7.02. The van der Waals surface area contributed by atoms with Gasteiger partial charge in [0.1, 0.15) is 12.4 Å². The third-order valence-corrected chi connectivity index (χ3v) is 5.02. The summed E-state index contributed by atoms with van der Waals surface area (Å²) in [4.78, 5) is 28.1. The molecule has 7 heteroatoms. The number of carbonyl (C=O) groups excluding carboxylic acids is 2. The first kappa shape index (κ1) is 19.6. The summed E-state index contributed by atoms with van der Waals surface area (Å²) >= 11 is 0. The van der Waals surface area contributed by atoms with Crippen molar-refractivity contribution in [3.05, 3.63) is 29.8 Å². The Morgan fingerprint density at radius 3 is 2.56 bits per heavy atom. The number of likely N-dealkylation sites (tertiary alicyclic amines) is 1. The Kier molecular flexibility index (Phi) is 7.06. The molecule has 0 N–H and O–H groups in total. The van der Waals surface area contributed by atoms with Gasteiger partial charge in [0.15, 0.2) is 0 Å². The lowest BCUT2D eigenvalue weighted by molar-refractivity contribution is -0.137. The minimum Gasteiger partial charge on any atom is -0.493 e. The molecule has 2 aliphatic heterocycles.